The van der Waals surface area contributed by atoms with Crippen molar-refractivity contribution in [2.24, 2.45) is 0 Å². The molecule has 0 aliphatic heterocycles. The highest BCUT2D eigenvalue weighted by Gasteiger charge is 2.25. The fraction of sp³-hybridized carbons (Fsp3) is 0.391. The Morgan fingerprint density at radius 3 is 2.38 bits per heavy atom. The van der Waals surface area contributed by atoms with Gasteiger partial charge in [-0.2, -0.15) is 11.8 Å². The molecule has 172 valence electrons. The second-order valence-corrected chi connectivity index (χ2v) is 8.20. The van der Waals surface area contributed by atoms with Crippen molar-refractivity contribution in [1.82, 2.24) is 10.3 Å². The van der Waals surface area contributed by atoms with Gasteiger partial charge in [-0.15, -0.1) is 0 Å². The first kappa shape index (κ1) is 25.2. The lowest BCUT2D eigenvalue weighted by Gasteiger charge is -2.17. The fourth-order valence-corrected chi connectivity index (χ4v) is 3.72. The van der Waals surface area contributed by atoms with E-state index in [1.54, 1.807) is 38.1 Å². The van der Waals surface area contributed by atoms with E-state index in [0.717, 1.165) is 0 Å². The lowest BCUT2D eigenvalue weighted by molar-refractivity contribution is -0.147. The number of ketones is 2. The minimum absolute atomic E-state index is 0.148. The number of thioether (sulfide) groups is 1. The summed E-state index contributed by atoms with van der Waals surface area (Å²) in [5, 5.41) is 2.61. The van der Waals surface area contributed by atoms with Crippen LogP contribution < -0.4 is 10.1 Å². The van der Waals surface area contributed by atoms with Crippen LogP contribution in [0.4, 0.5) is 0 Å². The normalized spacial score (nSPS) is 11.5. The SMILES string of the molecule is CSCCC(NC(=O)COc1ccccc1)C(=O)OCC(=O)c1[nH]c(C)c(C(C)=O)c1C. The summed E-state index contributed by atoms with van der Waals surface area (Å²) in [6.07, 6.45) is 2.23. The minimum atomic E-state index is -0.902. The van der Waals surface area contributed by atoms with Gasteiger partial charge in [0, 0.05) is 11.3 Å². The van der Waals surface area contributed by atoms with Crippen molar-refractivity contribution in [2.75, 3.05) is 25.2 Å². The van der Waals surface area contributed by atoms with Crippen molar-refractivity contribution in [3.05, 3.63) is 52.8 Å². The summed E-state index contributed by atoms with van der Waals surface area (Å²) in [6.45, 7) is 4.06. The molecule has 0 saturated carbocycles. The molecule has 0 aliphatic rings. The number of hydrogen-bond acceptors (Lipinski definition) is 7. The summed E-state index contributed by atoms with van der Waals surface area (Å²) in [4.78, 5) is 52.0. The van der Waals surface area contributed by atoms with E-state index in [1.807, 2.05) is 12.3 Å². The number of amides is 1. The van der Waals surface area contributed by atoms with E-state index in [-0.39, 0.29) is 18.1 Å². The maximum atomic E-state index is 12.6. The standard InChI is InChI=1S/C23H28N2O6S/c1-14-21(16(3)26)15(2)24-22(14)19(27)12-31-23(29)18(10-11-32-4)25-20(28)13-30-17-8-6-5-7-9-17/h5-9,18,24H,10-13H2,1-4H3,(H,25,28). The number of aromatic amines is 1. The minimum Gasteiger partial charge on any atom is -0.484 e. The highest BCUT2D eigenvalue weighted by molar-refractivity contribution is 7.98. The molecule has 0 radical (unpaired) electrons. The Kier molecular flexibility index (Phi) is 9.52. The molecule has 1 aromatic heterocycles. The molecule has 1 amide bonds. The third kappa shape index (κ3) is 6.98. The molecule has 1 aromatic carbocycles. The Balaban J connectivity index is 1.95. The molecule has 2 rings (SSSR count). The van der Waals surface area contributed by atoms with Gasteiger partial charge in [0.05, 0.1) is 5.69 Å². The van der Waals surface area contributed by atoms with Gasteiger partial charge in [0.2, 0.25) is 5.78 Å². The van der Waals surface area contributed by atoms with E-state index in [1.165, 1.54) is 18.7 Å². The van der Waals surface area contributed by atoms with E-state index in [0.29, 0.717) is 34.7 Å². The number of Topliss-reactive ketones (excluding diaryl/α,β-unsaturated/α-hetero) is 2. The second-order valence-electron chi connectivity index (χ2n) is 7.22. The quantitative estimate of drug-likeness (QED) is 0.370. The Morgan fingerprint density at radius 1 is 1.09 bits per heavy atom. The molecule has 1 unspecified atom stereocenters. The van der Waals surface area contributed by atoms with E-state index >= 15 is 0 Å². The lowest BCUT2D eigenvalue weighted by atomic mass is 10.1. The molecule has 9 heteroatoms. The number of esters is 1. The molecule has 8 nitrogen and oxygen atoms in total. The van der Waals surface area contributed by atoms with Crippen LogP contribution >= 0.6 is 11.8 Å². The summed E-state index contributed by atoms with van der Waals surface area (Å²) in [5.41, 5.74) is 1.82. The van der Waals surface area contributed by atoms with E-state index in [9.17, 15) is 19.2 Å². The van der Waals surface area contributed by atoms with Gasteiger partial charge in [-0.1, -0.05) is 18.2 Å². The van der Waals surface area contributed by atoms with Gasteiger partial charge in [0.1, 0.15) is 11.8 Å². The zero-order valence-electron chi connectivity index (χ0n) is 18.7. The van der Waals surface area contributed by atoms with Gasteiger partial charge in [-0.3, -0.25) is 14.4 Å². The Labute approximate surface area is 191 Å². The molecule has 0 aliphatic carbocycles. The number of hydrogen-bond donors (Lipinski definition) is 2. The molecule has 1 atom stereocenters. The Bertz CT molecular complexity index is 970. The first-order valence-electron chi connectivity index (χ1n) is 10.1. The van der Waals surface area contributed by atoms with E-state index in [4.69, 9.17) is 9.47 Å². The Morgan fingerprint density at radius 2 is 1.78 bits per heavy atom. The van der Waals surface area contributed by atoms with Gasteiger partial charge >= 0.3 is 5.97 Å². The van der Waals surface area contributed by atoms with Crippen LogP contribution in [0.25, 0.3) is 0 Å². The van der Waals surface area contributed by atoms with Gasteiger partial charge in [0.15, 0.2) is 19.0 Å². The number of benzene rings is 1. The first-order chi connectivity index (χ1) is 15.2. The number of carbonyl (C=O) groups is 4. The van der Waals surface area contributed by atoms with Crippen LogP contribution in [-0.2, 0) is 14.3 Å². The van der Waals surface area contributed by atoms with E-state index in [2.05, 4.69) is 10.3 Å². The van der Waals surface area contributed by atoms with Crippen LogP contribution in [0.15, 0.2) is 30.3 Å². The van der Waals surface area contributed by atoms with E-state index < -0.39 is 30.3 Å². The highest BCUT2D eigenvalue weighted by Crippen LogP contribution is 2.19. The maximum Gasteiger partial charge on any atom is 0.329 e. The van der Waals surface area contributed by atoms with Crippen LogP contribution in [0.3, 0.4) is 0 Å². The molecule has 0 spiro atoms. The van der Waals surface area contributed by atoms with Crippen LogP contribution in [0.2, 0.25) is 0 Å². The van der Waals surface area contributed by atoms with Crippen LogP contribution in [0.5, 0.6) is 5.75 Å². The number of para-hydroxylation sites is 1. The molecule has 0 fully saturated rings. The number of rotatable bonds is 12. The van der Waals surface area contributed by atoms with Gasteiger partial charge in [0.25, 0.3) is 5.91 Å². The predicted octanol–water partition coefficient (Wildman–Crippen LogP) is 2.88. The number of carbonyl (C=O) groups excluding carboxylic acids is 4. The van der Waals surface area contributed by atoms with Gasteiger partial charge in [-0.05, 0) is 56.9 Å². The molecular formula is C23H28N2O6S. The van der Waals surface area contributed by atoms with Crippen LogP contribution in [0.1, 0.15) is 45.4 Å². The first-order valence-corrected chi connectivity index (χ1v) is 11.5. The molecule has 1 heterocycles. The second kappa shape index (κ2) is 12.1. The maximum absolute atomic E-state index is 12.6. The molecule has 2 N–H and O–H groups in total. The topological polar surface area (TPSA) is 115 Å². The number of ether oxygens (including phenoxy) is 2. The van der Waals surface area contributed by atoms with Crippen molar-refractivity contribution < 1.29 is 28.7 Å². The molecule has 0 bridgehead atoms. The van der Waals surface area contributed by atoms with Crippen molar-refractivity contribution in [2.45, 2.75) is 33.2 Å². The summed E-state index contributed by atoms with van der Waals surface area (Å²) >= 11 is 1.52. The summed E-state index contributed by atoms with van der Waals surface area (Å²) in [6, 6.07) is 7.95. The monoisotopic (exact) mass is 460 g/mol. The van der Waals surface area contributed by atoms with Crippen molar-refractivity contribution in [1.29, 1.82) is 0 Å². The smallest absolute Gasteiger partial charge is 0.329 e. The fourth-order valence-electron chi connectivity index (χ4n) is 3.25. The van der Waals surface area contributed by atoms with Gasteiger partial charge in [-0.25, -0.2) is 4.79 Å². The third-order valence-corrected chi connectivity index (χ3v) is 5.40. The lowest BCUT2D eigenvalue weighted by Crippen LogP contribution is -2.44. The summed E-state index contributed by atoms with van der Waals surface area (Å²) < 4.78 is 10.6. The average molecular weight is 461 g/mol. The van der Waals surface area contributed by atoms with Crippen LogP contribution in [0, 0.1) is 13.8 Å². The summed E-state index contributed by atoms with van der Waals surface area (Å²) in [5.74, 6) is -0.611. The van der Waals surface area contributed by atoms with Crippen LogP contribution in [-0.4, -0.2) is 59.7 Å². The van der Waals surface area contributed by atoms with Crippen molar-refractivity contribution >= 4 is 35.2 Å². The predicted molar refractivity (Wildman–Crippen MR) is 122 cm³/mol. The molecule has 0 saturated heterocycles. The summed E-state index contributed by atoms with van der Waals surface area (Å²) in [7, 11) is 0. The Hall–Kier alpha value is -3.07. The average Bonchev–Trinajstić information content (AvgIpc) is 3.08. The van der Waals surface area contributed by atoms with Crippen molar-refractivity contribution in [3.63, 3.8) is 0 Å². The molecule has 32 heavy (non-hydrogen) atoms. The molecular weight excluding hydrogens is 432 g/mol. The number of H-pyrrole nitrogens is 1. The zero-order valence-corrected chi connectivity index (χ0v) is 19.5. The highest BCUT2D eigenvalue weighted by atomic mass is 32.2. The largest absolute Gasteiger partial charge is 0.484 e. The number of aryl methyl sites for hydroxylation is 1. The zero-order chi connectivity index (χ0) is 23.7. The van der Waals surface area contributed by atoms with Gasteiger partial charge < -0.3 is 19.8 Å². The molecule has 2 aromatic rings. The van der Waals surface area contributed by atoms with Crippen molar-refractivity contribution in [3.8, 4) is 5.75 Å². The number of nitrogens with one attached hydrogen (secondary N) is 2. The number of aromatic nitrogens is 1. The third-order valence-electron chi connectivity index (χ3n) is 4.76.